The molecule has 1 N–H and O–H groups in total. The molecule has 4 nitrogen and oxygen atoms in total. The molecule has 154 valence electrons. The average molecular weight is 400 g/mol. The van der Waals surface area contributed by atoms with Crippen LogP contribution >= 0.6 is 0 Å². The molecule has 0 radical (unpaired) electrons. The molecule has 1 fully saturated rings. The molecule has 0 aromatic heterocycles. The highest BCUT2D eigenvalue weighted by Crippen LogP contribution is 2.24. The quantitative estimate of drug-likeness (QED) is 0.753. The monoisotopic (exact) mass is 400 g/mol. The van der Waals surface area contributed by atoms with Crippen LogP contribution in [0.3, 0.4) is 0 Å². The van der Waals surface area contributed by atoms with Gasteiger partial charge in [0, 0.05) is 24.9 Å². The van der Waals surface area contributed by atoms with Gasteiger partial charge in [0.25, 0.3) is 0 Å². The summed E-state index contributed by atoms with van der Waals surface area (Å²) in [5.41, 5.74) is 2.51. The maximum atomic E-state index is 13.3. The summed E-state index contributed by atoms with van der Waals surface area (Å²) in [4.78, 5) is 14.5. The first-order valence-corrected chi connectivity index (χ1v) is 9.76. The molecule has 0 aliphatic carbocycles. The van der Waals surface area contributed by atoms with Gasteiger partial charge in [-0.25, -0.2) is 8.78 Å². The van der Waals surface area contributed by atoms with Crippen molar-refractivity contribution in [3.8, 4) is 0 Å². The summed E-state index contributed by atoms with van der Waals surface area (Å²) in [6.45, 7) is 7.69. The predicted molar refractivity (Wildman–Crippen MR) is 111 cm³/mol. The van der Waals surface area contributed by atoms with Crippen LogP contribution in [0, 0.1) is 11.6 Å². The first kappa shape index (κ1) is 21.0. The lowest BCUT2D eigenvalue weighted by atomic mass is 10.1. The van der Waals surface area contributed by atoms with Crippen LogP contribution in [-0.4, -0.2) is 31.2 Å². The minimum absolute atomic E-state index is 0.168. The largest absolute Gasteiger partial charge is 0.372 e. The highest BCUT2D eigenvalue weighted by Gasteiger charge is 2.22. The fraction of sp³-hybridized carbons (Fsp3) is 0.348. The van der Waals surface area contributed by atoms with Crippen LogP contribution in [0.15, 0.2) is 48.5 Å². The van der Waals surface area contributed by atoms with Crippen molar-refractivity contribution in [3.63, 3.8) is 0 Å². The Balaban J connectivity index is 1.64. The fourth-order valence-corrected chi connectivity index (χ4v) is 3.51. The van der Waals surface area contributed by atoms with Crippen LogP contribution in [0.1, 0.15) is 37.9 Å². The number of anilines is 1. The van der Waals surface area contributed by atoms with Gasteiger partial charge in [0.05, 0.1) is 18.2 Å². The zero-order valence-electron chi connectivity index (χ0n) is 16.9. The molecule has 29 heavy (non-hydrogen) atoms. The van der Waals surface area contributed by atoms with E-state index in [-0.39, 0.29) is 24.2 Å². The minimum Gasteiger partial charge on any atom is -0.372 e. The highest BCUT2D eigenvalue weighted by atomic mass is 19.2. The highest BCUT2D eigenvalue weighted by molar-refractivity contribution is 5.92. The lowest BCUT2D eigenvalue weighted by Crippen LogP contribution is -2.45. The molecule has 3 atom stereocenters. The first-order chi connectivity index (χ1) is 13.8. The average Bonchev–Trinajstić information content (AvgIpc) is 2.68. The number of carbonyl (C=O) groups excluding carboxylic acids is 1. The molecular weight excluding hydrogens is 374 g/mol. The van der Waals surface area contributed by atoms with E-state index >= 15 is 0 Å². The van der Waals surface area contributed by atoms with Gasteiger partial charge in [-0.2, -0.15) is 0 Å². The zero-order chi connectivity index (χ0) is 21.0. The third kappa shape index (κ3) is 5.64. The van der Waals surface area contributed by atoms with Crippen LogP contribution in [0.4, 0.5) is 14.5 Å². The number of rotatable bonds is 5. The van der Waals surface area contributed by atoms with Gasteiger partial charge in [-0.3, -0.25) is 4.79 Å². The summed E-state index contributed by atoms with van der Waals surface area (Å²) in [7, 11) is 0. The molecule has 0 spiro atoms. The normalized spacial score (nSPS) is 20.7. The summed E-state index contributed by atoms with van der Waals surface area (Å²) in [6.07, 6.45) is 3.11. The second kappa shape index (κ2) is 9.18. The Morgan fingerprint density at radius 1 is 1.14 bits per heavy atom. The standard InChI is InChI=1S/C23H26F2N2O2/c1-15-13-27(14-16(2)29-15)20-6-4-5-19(12-20)17(3)26-23(28)10-8-18-7-9-21(24)22(25)11-18/h4-12,15-17H,13-14H2,1-3H3,(H,26,28)/t15-,16+,17-/m0/s1. The molecule has 3 rings (SSSR count). The molecule has 2 aromatic carbocycles. The van der Waals surface area contributed by atoms with Crippen LogP contribution in [0.5, 0.6) is 0 Å². The Kier molecular flexibility index (Phi) is 6.64. The predicted octanol–water partition coefficient (Wildman–Crippen LogP) is 4.47. The van der Waals surface area contributed by atoms with Crippen molar-refractivity contribution in [3.05, 3.63) is 71.3 Å². The molecule has 0 bridgehead atoms. The van der Waals surface area contributed by atoms with E-state index in [4.69, 9.17) is 4.74 Å². The molecule has 1 aliphatic heterocycles. The Morgan fingerprint density at radius 3 is 2.55 bits per heavy atom. The lowest BCUT2D eigenvalue weighted by Gasteiger charge is -2.37. The third-order valence-corrected chi connectivity index (χ3v) is 4.88. The zero-order valence-corrected chi connectivity index (χ0v) is 16.9. The van der Waals surface area contributed by atoms with E-state index in [1.807, 2.05) is 19.1 Å². The number of amides is 1. The number of nitrogens with zero attached hydrogens (tertiary/aromatic N) is 1. The number of morpholine rings is 1. The van der Waals surface area contributed by atoms with Gasteiger partial charge in [0.2, 0.25) is 5.91 Å². The summed E-state index contributed by atoms with van der Waals surface area (Å²) in [6, 6.07) is 11.4. The molecular formula is C23H26F2N2O2. The smallest absolute Gasteiger partial charge is 0.244 e. The van der Waals surface area contributed by atoms with E-state index in [1.54, 1.807) is 0 Å². The van der Waals surface area contributed by atoms with Gasteiger partial charge < -0.3 is 15.0 Å². The van der Waals surface area contributed by atoms with Crippen molar-refractivity contribution in [1.29, 1.82) is 0 Å². The van der Waals surface area contributed by atoms with Gasteiger partial charge in [-0.15, -0.1) is 0 Å². The number of nitrogens with one attached hydrogen (secondary N) is 1. The Labute approximate surface area is 170 Å². The van der Waals surface area contributed by atoms with Crippen LogP contribution in [0.2, 0.25) is 0 Å². The number of ether oxygens (including phenoxy) is 1. The fourth-order valence-electron chi connectivity index (χ4n) is 3.51. The van der Waals surface area contributed by atoms with Crippen molar-refractivity contribution in [2.45, 2.75) is 39.0 Å². The summed E-state index contributed by atoms with van der Waals surface area (Å²) in [5.74, 6) is -2.16. The molecule has 1 amide bonds. The Morgan fingerprint density at radius 2 is 1.86 bits per heavy atom. The van der Waals surface area contributed by atoms with E-state index in [9.17, 15) is 13.6 Å². The van der Waals surface area contributed by atoms with Gasteiger partial charge in [0.1, 0.15) is 0 Å². The Hall–Kier alpha value is -2.73. The topological polar surface area (TPSA) is 41.6 Å². The van der Waals surface area contributed by atoms with E-state index in [1.165, 1.54) is 18.2 Å². The molecule has 1 saturated heterocycles. The van der Waals surface area contributed by atoms with Gasteiger partial charge in [-0.1, -0.05) is 18.2 Å². The van der Waals surface area contributed by atoms with Crippen LogP contribution in [0.25, 0.3) is 6.08 Å². The summed E-state index contributed by atoms with van der Waals surface area (Å²) < 4.78 is 32.0. The second-order valence-corrected chi connectivity index (χ2v) is 7.49. The Bertz CT molecular complexity index is 890. The molecule has 1 heterocycles. The maximum absolute atomic E-state index is 13.3. The number of hydrogen-bond donors (Lipinski definition) is 1. The number of benzene rings is 2. The lowest BCUT2D eigenvalue weighted by molar-refractivity contribution is -0.117. The maximum Gasteiger partial charge on any atom is 0.244 e. The molecule has 2 aromatic rings. The molecule has 0 unspecified atom stereocenters. The molecule has 1 aliphatic rings. The SMILES string of the molecule is C[C@@H]1CN(c2cccc([C@H](C)NC(=O)C=Cc3ccc(F)c(F)c3)c2)C[C@H](C)O1. The van der Waals surface area contributed by atoms with Gasteiger partial charge >= 0.3 is 0 Å². The van der Waals surface area contributed by atoms with Crippen LogP contribution < -0.4 is 10.2 Å². The number of hydrogen-bond acceptors (Lipinski definition) is 3. The molecule has 6 heteroatoms. The third-order valence-electron chi connectivity index (χ3n) is 4.88. The van der Waals surface area contributed by atoms with Crippen LogP contribution in [-0.2, 0) is 9.53 Å². The van der Waals surface area contributed by atoms with E-state index in [0.717, 1.165) is 36.5 Å². The van der Waals surface area contributed by atoms with E-state index in [0.29, 0.717) is 5.56 Å². The van der Waals surface area contributed by atoms with Gasteiger partial charge in [0.15, 0.2) is 11.6 Å². The van der Waals surface area contributed by atoms with Crippen molar-refractivity contribution in [1.82, 2.24) is 5.32 Å². The van der Waals surface area contributed by atoms with E-state index in [2.05, 4.69) is 36.2 Å². The number of halogens is 2. The van der Waals surface area contributed by atoms with E-state index < -0.39 is 11.6 Å². The van der Waals surface area contributed by atoms with Crippen molar-refractivity contribution >= 4 is 17.7 Å². The van der Waals surface area contributed by atoms with Gasteiger partial charge in [-0.05, 0) is 62.2 Å². The summed E-state index contributed by atoms with van der Waals surface area (Å²) >= 11 is 0. The van der Waals surface area contributed by atoms with Crippen molar-refractivity contribution in [2.24, 2.45) is 0 Å². The molecule has 0 saturated carbocycles. The van der Waals surface area contributed by atoms with Crippen molar-refractivity contribution < 1.29 is 18.3 Å². The minimum atomic E-state index is -0.940. The first-order valence-electron chi connectivity index (χ1n) is 9.76. The second-order valence-electron chi connectivity index (χ2n) is 7.49. The summed E-state index contributed by atoms with van der Waals surface area (Å²) in [5, 5.41) is 2.90. The number of carbonyl (C=O) groups is 1. The van der Waals surface area contributed by atoms with Crippen molar-refractivity contribution in [2.75, 3.05) is 18.0 Å².